The van der Waals surface area contributed by atoms with E-state index in [1.807, 2.05) is 69.5 Å². The highest BCUT2D eigenvalue weighted by Gasteiger charge is 2.18. The fraction of sp³-hybridized carbons (Fsp3) is 0.417. The second-order valence-electron chi connectivity index (χ2n) is 8.30. The summed E-state index contributed by atoms with van der Waals surface area (Å²) in [5.74, 6) is 0.301. The molecule has 0 atom stereocenters. The number of carbonyl (C=O) groups excluding carboxylic acids is 2. The molecule has 1 aliphatic heterocycles. The Morgan fingerprint density at radius 3 is 2.72 bits per heavy atom. The van der Waals surface area contributed by atoms with E-state index in [0.717, 1.165) is 35.2 Å². The van der Waals surface area contributed by atoms with Gasteiger partial charge in [-0.2, -0.15) is 0 Å². The molecule has 1 amide bonds. The van der Waals surface area contributed by atoms with Crippen LogP contribution in [-0.4, -0.2) is 66.9 Å². The van der Waals surface area contributed by atoms with E-state index in [1.54, 1.807) is 17.9 Å². The molecule has 32 heavy (non-hydrogen) atoms. The molecule has 1 aromatic carbocycles. The molecule has 0 spiro atoms. The molecule has 3 rings (SSSR count). The Bertz CT molecular complexity index is 1040. The van der Waals surface area contributed by atoms with E-state index in [4.69, 9.17) is 9.47 Å². The summed E-state index contributed by atoms with van der Waals surface area (Å²) in [6, 6.07) is 5.51. The Hall–Kier alpha value is -3.26. The summed E-state index contributed by atoms with van der Waals surface area (Å²) >= 11 is 0. The number of fused-ring (bicyclic) bond motifs is 1. The van der Waals surface area contributed by atoms with Crippen molar-refractivity contribution in [3.8, 4) is 5.75 Å². The molecular weight excluding hydrogens is 408 g/mol. The number of hydrogen-bond donors (Lipinski definition) is 1. The van der Waals surface area contributed by atoms with E-state index in [2.05, 4.69) is 10.2 Å². The Kier molecular flexibility index (Phi) is 7.58. The number of rotatable bonds is 8. The van der Waals surface area contributed by atoms with Crippen molar-refractivity contribution >= 4 is 22.9 Å². The molecule has 0 unspecified atom stereocenters. The predicted molar refractivity (Wildman–Crippen MR) is 124 cm³/mol. The minimum Gasteiger partial charge on any atom is -0.497 e. The number of ether oxygens (including phenoxy) is 2. The molecule has 8 nitrogen and oxygen atoms in total. The van der Waals surface area contributed by atoms with Crippen LogP contribution >= 0.6 is 0 Å². The lowest BCUT2D eigenvalue weighted by atomic mass is 10.1. The van der Waals surface area contributed by atoms with Gasteiger partial charge in [-0.15, -0.1) is 0 Å². The van der Waals surface area contributed by atoms with Crippen LogP contribution in [0.5, 0.6) is 5.75 Å². The summed E-state index contributed by atoms with van der Waals surface area (Å²) in [5.41, 5.74) is 2.38. The third kappa shape index (κ3) is 5.50. The largest absolute Gasteiger partial charge is 0.497 e. The Morgan fingerprint density at radius 1 is 1.25 bits per heavy atom. The van der Waals surface area contributed by atoms with Crippen molar-refractivity contribution in [2.45, 2.75) is 32.7 Å². The SMILES string of the molecule is COc1ccc2c(c1)c(CCN(C)C)cn2C(=O)NCOC(=O)C1=CN(C(C)C)C=CC1. The van der Waals surface area contributed by atoms with Crippen LogP contribution in [0.1, 0.15) is 25.8 Å². The number of allylic oxidation sites excluding steroid dienone is 1. The van der Waals surface area contributed by atoms with E-state index in [1.165, 1.54) is 0 Å². The second-order valence-corrected chi connectivity index (χ2v) is 8.30. The maximum absolute atomic E-state index is 12.8. The number of aromatic nitrogens is 1. The molecule has 0 aliphatic carbocycles. The first-order chi connectivity index (χ1) is 15.3. The summed E-state index contributed by atoms with van der Waals surface area (Å²) in [7, 11) is 5.65. The van der Waals surface area contributed by atoms with Gasteiger partial charge in [-0.25, -0.2) is 9.59 Å². The average Bonchev–Trinajstić information content (AvgIpc) is 3.15. The molecule has 1 N–H and O–H groups in total. The number of esters is 1. The highest BCUT2D eigenvalue weighted by molar-refractivity contribution is 5.94. The van der Waals surface area contributed by atoms with Crippen LogP contribution in [0, 0.1) is 0 Å². The third-order valence-electron chi connectivity index (χ3n) is 5.35. The van der Waals surface area contributed by atoms with Gasteiger partial charge in [0.2, 0.25) is 0 Å². The molecule has 2 heterocycles. The number of nitrogens with zero attached hydrogens (tertiary/aromatic N) is 3. The number of carbonyl (C=O) groups is 2. The van der Waals surface area contributed by atoms with Gasteiger partial charge in [0, 0.05) is 43.0 Å². The van der Waals surface area contributed by atoms with Gasteiger partial charge in [0.05, 0.1) is 18.2 Å². The van der Waals surface area contributed by atoms with Crippen molar-refractivity contribution in [3.63, 3.8) is 0 Å². The van der Waals surface area contributed by atoms with Gasteiger partial charge in [-0.1, -0.05) is 6.08 Å². The minimum atomic E-state index is -0.436. The molecule has 0 saturated carbocycles. The highest BCUT2D eigenvalue weighted by atomic mass is 16.5. The topological polar surface area (TPSA) is 76.0 Å². The lowest BCUT2D eigenvalue weighted by molar-refractivity contribution is -0.139. The second kappa shape index (κ2) is 10.4. The van der Waals surface area contributed by atoms with Crippen molar-refractivity contribution < 1.29 is 19.1 Å². The van der Waals surface area contributed by atoms with Gasteiger partial charge in [-0.05, 0) is 58.1 Å². The molecule has 172 valence electrons. The van der Waals surface area contributed by atoms with Crippen LogP contribution in [-0.2, 0) is 16.0 Å². The van der Waals surface area contributed by atoms with E-state index in [9.17, 15) is 9.59 Å². The van der Waals surface area contributed by atoms with E-state index in [-0.39, 0.29) is 18.8 Å². The normalized spacial score (nSPS) is 13.6. The van der Waals surface area contributed by atoms with Crippen LogP contribution in [0.4, 0.5) is 4.79 Å². The first kappa shape index (κ1) is 23.4. The van der Waals surface area contributed by atoms with Crippen molar-refractivity contribution in [1.82, 2.24) is 19.7 Å². The number of amides is 1. The Balaban J connectivity index is 1.68. The van der Waals surface area contributed by atoms with E-state index >= 15 is 0 Å². The molecular formula is C24H32N4O4. The van der Waals surface area contributed by atoms with Crippen LogP contribution < -0.4 is 10.1 Å². The molecule has 1 aromatic heterocycles. The molecule has 0 bridgehead atoms. The van der Waals surface area contributed by atoms with E-state index in [0.29, 0.717) is 12.0 Å². The summed E-state index contributed by atoms with van der Waals surface area (Å²) in [4.78, 5) is 29.3. The zero-order valence-electron chi connectivity index (χ0n) is 19.4. The van der Waals surface area contributed by atoms with Crippen molar-refractivity contribution in [3.05, 3.63) is 54.0 Å². The quantitative estimate of drug-likeness (QED) is 0.501. The number of likely N-dealkylation sites (N-methyl/N-ethyl adjacent to an activating group) is 1. The van der Waals surface area contributed by atoms with Gasteiger partial charge in [-0.3, -0.25) is 4.57 Å². The molecule has 0 radical (unpaired) electrons. The lowest BCUT2D eigenvalue weighted by Gasteiger charge is -2.24. The highest BCUT2D eigenvalue weighted by Crippen LogP contribution is 2.26. The van der Waals surface area contributed by atoms with Gasteiger partial charge in [0.1, 0.15) is 5.75 Å². The maximum atomic E-state index is 12.8. The molecule has 8 heteroatoms. The average molecular weight is 441 g/mol. The molecule has 0 fully saturated rings. The zero-order chi connectivity index (χ0) is 23.3. The van der Waals surface area contributed by atoms with Gasteiger partial charge >= 0.3 is 12.0 Å². The molecule has 0 saturated heterocycles. The Morgan fingerprint density at radius 2 is 2.03 bits per heavy atom. The summed E-state index contributed by atoms with van der Waals surface area (Å²) in [6.45, 7) is 4.73. The zero-order valence-corrected chi connectivity index (χ0v) is 19.4. The lowest BCUT2D eigenvalue weighted by Crippen LogP contribution is -2.32. The summed E-state index contributed by atoms with van der Waals surface area (Å²) < 4.78 is 12.2. The summed E-state index contributed by atoms with van der Waals surface area (Å²) in [5, 5.41) is 3.65. The number of hydrogen-bond acceptors (Lipinski definition) is 6. The minimum absolute atomic E-state index is 0.205. The number of benzene rings is 1. The molecule has 2 aromatic rings. The monoisotopic (exact) mass is 440 g/mol. The van der Waals surface area contributed by atoms with Gasteiger partial charge in [0.25, 0.3) is 0 Å². The van der Waals surface area contributed by atoms with Crippen molar-refractivity contribution in [1.29, 1.82) is 0 Å². The maximum Gasteiger partial charge on any atom is 0.337 e. The first-order valence-electron chi connectivity index (χ1n) is 10.7. The Labute approximate surface area is 189 Å². The third-order valence-corrected chi connectivity index (χ3v) is 5.35. The fourth-order valence-electron chi connectivity index (χ4n) is 3.49. The van der Waals surface area contributed by atoms with Crippen LogP contribution in [0.3, 0.4) is 0 Å². The van der Waals surface area contributed by atoms with Crippen LogP contribution in [0.2, 0.25) is 0 Å². The standard InChI is InChI=1S/C24H32N4O4/c1-17(2)27-11-6-7-19(14-27)23(29)32-16-25-24(30)28-15-18(10-12-26(3)4)21-13-20(31-5)8-9-22(21)28/h6,8-9,11,13-15,17H,7,10,12,16H2,1-5H3,(H,25,30). The predicted octanol–water partition coefficient (Wildman–Crippen LogP) is 3.32. The number of methoxy groups -OCH3 is 1. The van der Waals surface area contributed by atoms with Gasteiger partial charge in [0.15, 0.2) is 6.73 Å². The fourth-order valence-corrected chi connectivity index (χ4v) is 3.49. The van der Waals surface area contributed by atoms with Crippen molar-refractivity contribution in [2.24, 2.45) is 0 Å². The number of nitrogens with one attached hydrogen (secondary N) is 1. The summed E-state index contributed by atoms with van der Waals surface area (Å²) in [6.07, 6.45) is 8.79. The van der Waals surface area contributed by atoms with Crippen LogP contribution in [0.15, 0.2) is 48.4 Å². The first-order valence-corrected chi connectivity index (χ1v) is 10.7. The van der Waals surface area contributed by atoms with E-state index < -0.39 is 5.97 Å². The van der Waals surface area contributed by atoms with Crippen LogP contribution in [0.25, 0.3) is 10.9 Å². The van der Waals surface area contributed by atoms with Gasteiger partial charge < -0.3 is 24.6 Å². The smallest absolute Gasteiger partial charge is 0.337 e. The van der Waals surface area contributed by atoms with Crippen molar-refractivity contribution in [2.75, 3.05) is 34.5 Å². The molecule has 1 aliphatic rings.